The van der Waals surface area contributed by atoms with Crippen molar-refractivity contribution in [1.82, 2.24) is 0 Å². The molecule has 0 unspecified atom stereocenters. The van der Waals surface area contributed by atoms with Gasteiger partial charge in [0.15, 0.2) is 11.6 Å². The number of carboxylic acids is 1. The van der Waals surface area contributed by atoms with E-state index >= 15 is 0 Å². The van der Waals surface area contributed by atoms with Crippen molar-refractivity contribution in [1.29, 1.82) is 0 Å². The average Bonchev–Trinajstić information content (AvgIpc) is 2.26. The molecule has 18 heavy (non-hydrogen) atoms. The molecule has 1 aromatic rings. The van der Waals surface area contributed by atoms with Crippen LogP contribution in [0.15, 0.2) is 18.2 Å². The lowest BCUT2D eigenvalue weighted by molar-refractivity contribution is -0.148. The van der Waals surface area contributed by atoms with Gasteiger partial charge in [-0.1, -0.05) is 6.07 Å². The van der Waals surface area contributed by atoms with Crippen LogP contribution in [0.5, 0.6) is 5.75 Å². The van der Waals surface area contributed by atoms with Crippen LogP contribution in [-0.4, -0.2) is 22.8 Å². The minimum atomic E-state index is -1.09. The Balaban J connectivity index is 2.78. The van der Waals surface area contributed by atoms with Crippen molar-refractivity contribution in [2.45, 2.75) is 26.9 Å². The van der Waals surface area contributed by atoms with Crippen LogP contribution >= 0.6 is 0 Å². The summed E-state index contributed by atoms with van der Waals surface area (Å²) >= 11 is 0. The number of aliphatic hydroxyl groups is 1. The molecule has 1 aromatic carbocycles. The Morgan fingerprint density at radius 1 is 1.50 bits per heavy atom. The highest BCUT2D eigenvalue weighted by Gasteiger charge is 2.28. The molecule has 1 rings (SSSR count). The van der Waals surface area contributed by atoms with Gasteiger partial charge >= 0.3 is 5.97 Å². The topological polar surface area (TPSA) is 66.8 Å². The Hall–Kier alpha value is -1.62. The monoisotopic (exact) mass is 256 g/mol. The molecule has 0 radical (unpaired) electrons. The maximum absolute atomic E-state index is 13.6. The van der Waals surface area contributed by atoms with Crippen LogP contribution in [0.4, 0.5) is 4.39 Å². The van der Waals surface area contributed by atoms with Gasteiger partial charge in [-0.05, 0) is 38.5 Å². The number of halogens is 1. The predicted molar refractivity (Wildman–Crippen MR) is 63.9 cm³/mol. The standard InChI is InChI=1S/C13H17FO4/c1-8(15)9-4-5-11(10(14)6-9)18-7-13(2,3)12(16)17/h4-6,8,15H,7H2,1-3H3,(H,16,17)/t8-/m0/s1. The average molecular weight is 256 g/mol. The Morgan fingerprint density at radius 3 is 2.56 bits per heavy atom. The van der Waals surface area contributed by atoms with E-state index in [0.29, 0.717) is 5.56 Å². The van der Waals surface area contributed by atoms with E-state index in [4.69, 9.17) is 9.84 Å². The van der Waals surface area contributed by atoms with Crippen LogP contribution in [0.3, 0.4) is 0 Å². The molecule has 0 aliphatic heterocycles. The number of rotatable bonds is 5. The summed E-state index contributed by atoms with van der Waals surface area (Å²) in [4.78, 5) is 10.9. The predicted octanol–water partition coefficient (Wildman–Crippen LogP) is 2.37. The van der Waals surface area contributed by atoms with E-state index in [1.165, 1.54) is 39.0 Å². The molecule has 0 aliphatic carbocycles. The second-order valence-electron chi connectivity index (χ2n) is 4.84. The van der Waals surface area contributed by atoms with Crippen molar-refractivity contribution >= 4 is 5.97 Å². The largest absolute Gasteiger partial charge is 0.489 e. The molecule has 0 fully saturated rings. The highest BCUT2D eigenvalue weighted by atomic mass is 19.1. The second kappa shape index (κ2) is 5.35. The molecule has 0 saturated carbocycles. The van der Waals surface area contributed by atoms with Crippen LogP contribution in [0.2, 0.25) is 0 Å². The molecule has 100 valence electrons. The first-order valence-corrected chi connectivity index (χ1v) is 5.58. The fourth-order valence-electron chi connectivity index (χ4n) is 1.21. The highest BCUT2D eigenvalue weighted by molar-refractivity contribution is 5.73. The third kappa shape index (κ3) is 3.43. The molecular weight excluding hydrogens is 239 g/mol. The van der Waals surface area contributed by atoms with E-state index in [2.05, 4.69) is 0 Å². The van der Waals surface area contributed by atoms with Gasteiger partial charge in [0.05, 0.1) is 11.5 Å². The molecule has 2 N–H and O–H groups in total. The van der Waals surface area contributed by atoms with Gasteiger partial charge in [0.1, 0.15) is 6.61 Å². The third-order valence-electron chi connectivity index (χ3n) is 2.61. The number of hydrogen-bond donors (Lipinski definition) is 2. The Morgan fingerprint density at radius 2 is 2.11 bits per heavy atom. The molecule has 0 heterocycles. The van der Waals surface area contributed by atoms with Gasteiger partial charge in [-0.25, -0.2) is 4.39 Å². The molecule has 0 saturated heterocycles. The first kappa shape index (κ1) is 14.4. The van der Waals surface area contributed by atoms with E-state index in [-0.39, 0.29) is 12.4 Å². The number of carboxylic acid groups (broad SMARTS) is 1. The van der Waals surface area contributed by atoms with Gasteiger partial charge in [0.2, 0.25) is 0 Å². The summed E-state index contributed by atoms with van der Waals surface area (Å²) < 4.78 is 18.8. The van der Waals surface area contributed by atoms with Crippen molar-refractivity contribution in [3.63, 3.8) is 0 Å². The van der Waals surface area contributed by atoms with E-state index in [1.807, 2.05) is 0 Å². The normalized spacial score (nSPS) is 13.2. The summed E-state index contributed by atoms with van der Waals surface area (Å²) in [6, 6.07) is 4.10. The van der Waals surface area contributed by atoms with Crippen molar-refractivity contribution in [2.75, 3.05) is 6.61 Å². The first-order valence-electron chi connectivity index (χ1n) is 5.58. The van der Waals surface area contributed by atoms with E-state index < -0.39 is 23.3 Å². The first-order chi connectivity index (χ1) is 8.24. The minimum Gasteiger partial charge on any atom is -0.489 e. The van der Waals surface area contributed by atoms with Crippen LogP contribution in [0.25, 0.3) is 0 Å². The maximum atomic E-state index is 13.6. The summed E-state index contributed by atoms with van der Waals surface area (Å²) in [5.41, 5.74) is -0.646. The van der Waals surface area contributed by atoms with Crippen LogP contribution in [0, 0.1) is 11.2 Å². The molecular formula is C13H17FO4. The third-order valence-corrected chi connectivity index (χ3v) is 2.61. The van der Waals surface area contributed by atoms with Crippen molar-refractivity contribution in [3.05, 3.63) is 29.6 Å². The van der Waals surface area contributed by atoms with Crippen LogP contribution in [0.1, 0.15) is 32.4 Å². The lowest BCUT2D eigenvalue weighted by atomic mass is 9.95. The van der Waals surface area contributed by atoms with Gasteiger partial charge in [-0.15, -0.1) is 0 Å². The Labute approximate surface area is 105 Å². The van der Waals surface area contributed by atoms with E-state index in [9.17, 15) is 14.3 Å². The quantitative estimate of drug-likeness (QED) is 0.848. The van der Waals surface area contributed by atoms with E-state index in [0.717, 1.165) is 0 Å². The van der Waals surface area contributed by atoms with Gasteiger partial charge < -0.3 is 14.9 Å². The Kier molecular flexibility index (Phi) is 4.29. The summed E-state index contributed by atoms with van der Waals surface area (Å²) in [7, 11) is 0. The number of ether oxygens (including phenoxy) is 1. The summed E-state index contributed by atoms with van der Waals surface area (Å²) in [5, 5.41) is 18.2. The number of aliphatic carboxylic acids is 1. The van der Waals surface area contributed by atoms with Gasteiger partial charge in [0.25, 0.3) is 0 Å². The van der Waals surface area contributed by atoms with Crippen molar-refractivity contribution in [2.24, 2.45) is 5.41 Å². The van der Waals surface area contributed by atoms with E-state index in [1.54, 1.807) is 0 Å². The SMILES string of the molecule is C[C@H](O)c1ccc(OCC(C)(C)C(=O)O)c(F)c1. The fraction of sp³-hybridized carbons (Fsp3) is 0.462. The second-order valence-corrected chi connectivity index (χ2v) is 4.84. The maximum Gasteiger partial charge on any atom is 0.312 e. The van der Waals surface area contributed by atoms with Crippen LogP contribution in [-0.2, 0) is 4.79 Å². The zero-order valence-corrected chi connectivity index (χ0v) is 10.6. The van der Waals surface area contributed by atoms with Gasteiger partial charge in [-0.2, -0.15) is 0 Å². The lowest BCUT2D eigenvalue weighted by Crippen LogP contribution is -2.30. The molecule has 0 bridgehead atoms. The van der Waals surface area contributed by atoms with Gasteiger partial charge in [0, 0.05) is 0 Å². The molecule has 0 aliphatic rings. The number of aliphatic hydroxyl groups excluding tert-OH is 1. The molecule has 0 amide bonds. The van der Waals surface area contributed by atoms with Crippen molar-refractivity contribution in [3.8, 4) is 5.75 Å². The van der Waals surface area contributed by atoms with Gasteiger partial charge in [-0.3, -0.25) is 4.79 Å². The highest BCUT2D eigenvalue weighted by Crippen LogP contribution is 2.24. The number of benzene rings is 1. The molecule has 4 nitrogen and oxygen atoms in total. The number of hydrogen-bond acceptors (Lipinski definition) is 3. The molecule has 1 atom stereocenters. The lowest BCUT2D eigenvalue weighted by Gasteiger charge is -2.20. The smallest absolute Gasteiger partial charge is 0.312 e. The zero-order valence-electron chi connectivity index (χ0n) is 10.6. The summed E-state index contributed by atoms with van der Waals surface area (Å²) in [6.07, 6.45) is -0.760. The number of carbonyl (C=O) groups is 1. The molecule has 5 heteroatoms. The zero-order chi connectivity index (χ0) is 13.9. The molecule has 0 aromatic heterocycles. The Bertz CT molecular complexity index is 441. The minimum absolute atomic E-state index is 0.0197. The summed E-state index contributed by atoms with van der Waals surface area (Å²) in [5.74, 6) is -1.65. The van der Waals surface area contributed by atoms with Crippen molar-refractivity contribution < 1.29 is 24.1 Å². The van der Waals surface area contributed by atoms with Crippen LogP contribution < -0.4 is 4.74 Å². The summed E-state index contributed by atoms with van der Waals surface area (Å²) in [6.45, 7) is 4.39. The fourth-order valence-corrected chi connectivity index (χ4v) is 1.21. The molecule has 0 spiro atoms.